The van der Waals surface area contributed by atoms with Crippen molar-refractivity contribution in [2.24, 2.45) is 0 Å². The molecule has 0 aliphatic rings. The van der Waals surface area contributed by atoms with Crippen LogP contribution >= 0.6 is 11.3 Å². The zero-order valence-electron chi connectivity index (χ0n) is 16.9. The molecule has 150 valence electrons. The molecule has 0 fully saturated rings. The molecule has 0 saturated heterocycles. The maximum Gasteiger partial charge on any atom is 0.341 e. The van der Waals surface area contributed by atoms with Crippen molar-refractivity contribution in [3.05, 3.63) is 70.1 Å². The second-order valence-electron chi connectivity index (χ2n) is 6.51. The molecule has 1 heterocycles. The van der Waals surface area contributed by atoms with E-state index in [9.17, 15) is 9.59 Å². The molecule has 0 spiro atoms. The van der Waals surface area contributed by atoms with Crippen LogP contribution in [-0.2, 0) is 4.74 Å². The van der Waals surface area contributed by atoms with Gasteiger partial charge in [-0.3, -0.25) is 4.79 Å². The normalized spacial score (nSPS) is 10.5. The van der Waals surface area contributed by atoms with Gasteiger partial charge in [0.25, 0.3) is 5.91 Å². The lowest BCUT2D eigenvalue weighted by Crippen LogP contribution is -2.14. The average Bonchev–Trinajstić information content (AvgIpc) is 3.04. The minimum Gasteiger partial charge on any atom is -0.497 e. The maximum absolute atomic E-state index is 12.8. The summed E-state index contributed by atoms with van der Waals surface area (Å²) in [4.78, 5) is 26.4. The zero-order chi connectivity index (χ0) is 21.0. The topological polar surface area (TPSA) is 64.6 Å². The summed E-state index contributed by atoms with van der Waals surface area (Å²) in [6, 6.07) is 14.7. The summed E-state index contributed by atoms with van der Waals surface area (Å²) in [5.41, 5.74) is 3.70. The number of amides is 1. The Morgan fingerprint density at radius 1 is 1.00 bits per heavy atom. The Bertz CT molecular complexity index is 1020. The van der Waals surface area contributed by atoms with Gasteiger partial charge in [0.15, 0.2) is 0 Å². The molecule has 1 aromatic heterocycles. The third kappa shape index (κ3) is 4.49. The van der Waals surface area contributed by atoms with Crippen LogP contribution in [0.15, 0.2) is 48.5 Å². The fraction of sp³-hybridized carbons (Fsp3) is 0.217. The summed E-state index contributed by atoms with van der Waals surface area (Å²) < 4.78 is 10.4. The van der Waals surface area contributed by atoms with Crippen LogP contribution in [0.2, 0.25) is 0 Å². The van der Waals surface area contributed by atoms with Crippen molar-refractivity contribution in [3.8, 4) is 16.9 Å². The monoisotopic (exact) mass is 409 g/mol. The Kier molecular flexibility index (Phi) is 6.34. The van der Waals surface area contributed by atoms with Crippen molar-refractivity contribution in [1.29, 1.82) is 0 Å². The molecule has 3 aromatic rings. The SMILES string of the molecule is CCOC(=O)c1c(NC(=O)c2ccc(OC)cc2)sc(C)c1-c1ccc(C)cc1. The number of rotatable bonds is 6. The van der Waals surface area contributed by atoms with Gasteiger partial charge in [-0.2, -0.15) is 0 Å². The Morgan fingerprint density at radius 2 is 1.66 bits per heavy atom. The first-order valence-electron chi connectivity index (χ1n) is 9.27. The maximum atomic E-state index is 12.8. The van der Waals surface area contributed by atoms with Crippen LogP contribution in [0, 0.1) is 13.8 Å². The second-order valence-corrected chi connectivity index (χ2v) is 7.73. The minimum absolute atomic E-state index is 0.257. The summed E-state index contributed by atoms with van der Waals surface area (Å²) in [5.74, 6) is -0.0743. The zero-order valence-corrected chi connectivity index (χ0v) is 17.7. The summed E-state index contributed by atoms with van der Waals surface area (Å²) in [7, 11) is 1.57. The standard InChI is InChI=1S/C23H23NO4S/c1-5-28-23(26)20-19(16-8-6-14(2)7-9-16)15(3)29-22(20)24-21(25)17-10-12-18(27-4)13-11-17/h6-13H,5H2,1-4H3,(H,24,25). The van der Waals surface area contributed by atoms with Crippen molar-refractivity contribution >= 4 is 28.2 Å². The number of hydrogen-bond donors (Lipinski definition) is 1. The molecule has 5 nitrogen and oxygen atoms in total. The first-order chi connectivity index (χ1) is 13.9. The van der Waals surface area contributed by atoms with E-state index in [0.29, 0.717) is 21.9 Å². The average molecular weight is 410 g/mol. The van der Waals surface area contributed by atoms with Crippen LogP contribution in [0.25, 0.3) is 11.1 Å². The van der Waals surface area contributed by atoms with Gasteiger partial charge in [-0.25, -0.2) is 4.79 Å². The Hall–Kier alpha value is -3.12. The Labute approximate surface area is 174 Å². The van der Waals surface area contributed by atoms with E-state index in [1.807, 2.05) is 38.1 Å². The largest absolute Gasteiger partial charge is 0.497 e. The fourth-order valence-electron chi connectivity index (χ4n) is 3.02. The number of carbonyl (C=O) groups is 2. The number of hydrogen-bond acceptors (Lipinski definition) is 5. The number of carbonyl (C=O) groups excluding carboxylic acids is 2. The highest BCUT2D eigenvalue weighted by molar-refractivity contribution is 7.17. The van der Waals surface area contributed by atoms with E-state index in [0.717, 1.165) is 21.6 Å². The molecular weight excluding hydrogens is 386 g/mol. The number of esters is 1. The summed E-state index contributed by atoms with van der Waals surface area (Å²) in [5, 5.41) is 3.37. The van der Waals surface area contributed by atoms with Gasteiger partial charge in [0.05, 0.1) is 13.7 Å². The molecule has 1 amide bonds. The predicted octanol–water partition coefficient (Wildman–Crippen LogP) is 5.47. The van der Waals surface area contributed by atoms with E-state index in [1.165, 1.54) is 11.3 Å². The molecular formula is C23H23NO4S. The van der Waals surface area contributed by atoms with Crippen LogP contribution in [0.1, 0.15) is 38.1 Å². The van der Waals surface area contributed by atoms with Gasteiger partial charge in [0, 0.05) is 16.0 Å². The van der Waals surface area contributed by atoms with E-state index in [2.05, 4.69) is 5.32 Å². The quantitative estimate of drug-likeness (QED) is 0.548. The van der Waals surface area contributed by atoms with Gasteiger partial charge in [-0.1, -0.05) is 29.8 Å². The predicted molar refractivity (Wildman–Crippen MR) is 116 cm³/mol. The third-order valence-corrected chi connectivity index (χ3v) is 5.50. The number of nitrogens with one attached hydrogen (secondary N) is 1. The lowest BCUT2D eigenvalue weighted by atomic mass is 10.0. The Balaban J connectivity index is 2.01. The van der Waals surface area contributed by atoms with Crippen LogP contribution in [0.3, 0.4) is 0 Å². The molecule has 1 N–H and O–H groups in total. The number of ether oxygens (including phenoxy) is 2. The summed E-state index contributed by atoms with van der Waals surface area (Å²) in [6.45, 7) is 5.97. The summed E-state index contributed by atoms with van der Waals surface area (Å²) >= 11 is 1.37. The molecule has 3 rings (SSSR count). The first-order valence-corrected chi connectivity index (χ1v) is 10.1. The second kappa shape index (κ2) is 8.92. The number of anilines is 1. The van der Waals surface area contributed by atoms with Crippen molar-refractivity contribution < 1.29 is 19.1 Å². The highest BCUT2D eigenvalue weighted by Gasteiger charge is 2.25. The molecule has 29 heavy (non-hydrogen) atoms. The van der Waals surface area contributed by atoms with Crippen LogP contribution in [0.4, 0.5) is 5.00 Å². The lowest BCUT2D eigenvalue weighted by Gasteiger charge is -2.10. The fourth-order valence-corrected chi connectivity index (χ4v) is 4.08. The molecule has 2 aromatic carbocycles. The van der Waals surface area contributed by atoms with Crippen LogP contribution in [-0.4, -0.2) is 25.6 Å². The van der Waals surface area contributed by atoms with Crippen molar-refractivity contribution in [2.45, 2.75) is 20.8 Å². The van der Waals surface area contributed by atoms with E-state index >= 15 is 0 Å². The highest BCUT2D eigenvalue weighted by atomic mass is 32.1. The van der Waals surface area contributed by atoms with Crippen LogP contribution < -0.4 is 10.1 Å². The van der Waals surface area contributed by atoms with Gasteiger partial charge < -0.3 is 14.8 Å². The number of thiophene rings is 1. The molecule has 0 unspecified atom stereocenters. The third-order valence-electron chi connectivity index (χ3n) is 4.48. The van der Waals surface area contributed by atoms with E-state index in [-0.39, 0.29) is 12.5 Å². The van der Waals surface area contributed by atoms with Crippen molar-refractivity contribution in [2.75, 3.05) is 19.0 Å². The highest BCUT2D eigenvalue weighted by Crippen LogP contribution is 2.40. The molecule has 6 heteroatoms. The molecule has 0 radical (unpaired) electrons. The van der Waals surface area contributed by atoms with E-state index < -0.39 is 5.97 Å². The molecule has 0 aliphatic carbocycles. The number of methoxy groups -OCH3 is 1. The molecule has 0 atom stereocenters. The van der Waals surface area contributed by atoms with Crippen LogP contribution in [0.5, 0.6) is 5.75 Å². The molecule has 0 bridgehead atoms. The smallest absolute Gasteiger partial charge is 0.341 e. The van der Waals surface area contributed by atoms with Gasteiger partial charge in [-0.15, -0.1) is 11.3 Å². The molecule has 0 saturated carbocycles. The van der Waals surface area contributed by atoms with Gasteiger partial charge in [-0.05, 0) is 50.6 Å². The van der Waals surface area contributed by atoms with Gasteiger partial charge >= 0.3 is 5.97 Å². The van der Waals surface area contributed by atoms with E-state index in [4.69, 9.17) is 9.47 Å². The van der Waals surface area contributed by atoms with Gasteiger partial charge in [0.1, 0.15) is 16.3 Å². The van der Waals surface area contributed by atoms with Crippen molar-refractivity contribution in [1.82, 2.24) is 0 Å². The van der Waals surface area contributed by atoms with Gasteiger partial charge in [0.2, 0.25) is 0 Å². The van der Waals surface area contributed by atoms with Crippen molar-refractivity contribution in [3.63, 3.8) is 0 Å². The Morgan fingerprint density at radius 3 is 2.24 bits per heavy atom. The van der Waals surface area contributed by atoms with E-state index in [1.54, 1.807) is 38.3 Å². The summed E-state index contributed by atoms with van der Waals surface area (Å²) in [6.07, 6.45) is 0. The lowest BCUT2D eigenvalue weighted by molar-refractivity contribution is 0.0529. The number of benzene rings is 2. The molecule has 0 aliphatic heterocycles. The minimum atomic E-state index is -0.447. The number of aryl methyl sites for hydroxylation is 2. The first kappa shape index (κ1) is 20.6.